The zero-order valence-corrected chi connectivity index (χ0v) is 17.0. The van der Waals surface area contributed by atoms with Crippen LogP contribution in [-0.2, 0) is 9.59 Å². The van der Waals surface area contributed by atoms with Crippen molar-refractivity contribution in [1.29, 1.82) is 0 Å². The van der Waals surface area contributed by atoms with E-state index in [0.717, 1.165) is 11.4 Å². The van der Waals surface area contributed by atoms with Crippen molar-refractivity contribution in [2.24, 2.45) is 23.5 Å². The van der Waals surface area contributed by atoms with Gasteiger partial charge in [-0.2, -0.15) is 0 Å². The Kier molecular flexibility index (Phi) is 6.12. The highest BCUT2D eigenvalue weighted by Gasteiger charge is 2.50. The summed E-state index contributed by atoms with van der Waals surface area (Å²) in [7, 11) is 0. The molecule has 26 heavy (non-hydrogen) atoms. The van der Waals surface area contributed by atoms with Crippen molar-refractivity contribution in [3.05, 3.63) is 24.3 Å². The van der Waals surface area contributed by atoms with Gasteiger partial charge >= 0.3 is 0 Å². The second-order valence-electron chi connectivity index (χ2n) is 8.68. The third-order valence-electron chi connectivity index (χ3n) is 4.54. The molecule has 2 amide bonds. The smallest absolute Gasteiger partial charge is 0.256 e. The molecule has 2 rings (SSSR count). The van der Waals surface area contributed by atoms with Crippen molar-refractivity contribution in [3.8, 4) is 0 Å². The van der Waals surface area contributed by atoms with E-state index in [1.165, 1.54) is 0 Å². The van der Waals surface area contributed by atoms with Crippen LogP contribution in [0.3, 0.4) is 0 Å². The molecule has 1 heterocycles. The number of nitrogens with zero attached hydrogens (tertiary/aromatic N) is 2. The lowest BCUT2D eigenvalue weighted by atomic mass is 9.86. The number of nitrogens with two attached hydrogens (primary N) is 1. The van der Waals surface area contributed by atoms with Gasteiger partial charge in [0.05, 0.1) is 11.4 Å². The van der Waals surface area contributed by atoms with Crippen molar-refractivity contribution in [1.82, 2.24) is 0 Å². The van der Waals surface area contributed by atoms with Gasteiger partial charge in [0.25, 0.3) is 11.8 Å². The maximum atomic E-state index is 13.5. The van der Waals surface area contributed by atoms with E-state index in [0.29, 0.717) is 19.5 Å². The number of fused-ring (bicyclic) bond motifs is 1. The first-order valence-corrected chi connectivity index (χ1v) is 9.59. The highest BCUT2D eigenvalue weighted by molar-refractivity contribution is 6.23. The van der Waals surface area contributed by atoms with Gasteiger partial charge in [-0.1, -0.05) is 53.7 Å². The maximum absolute atomic E-state index is 13.5. The van der Waals surface area contributed by atoms with E-state index in [1.807, 2.05) is 38.1 Å². The summed E-state index contributed by atoms with van der Waals surface area (Å²) >= 11 is 0. The lowest BCUT2D eigenvalue weighted by Crippen LogP contribution is -2.64. The zero-order valence-electron chi connectivity index (χ0n) is 17.0. The molecule has 1 aromatic rings. The van der Waals surface area contributed by atoms with E-state index in [1.54, 1.807) is 9.80 Å². The lowest BCUT2D eigenvalue weighted by molar-refractivity contribution is -0.134. The van der Waals surface area contributed by atoms with E-state index in [9.17, 15) is 9.59 Å². The van der Waals surface area contributed by atoms with Crippen molar-refractivity contribution in [2.45, 2.75) is 53.5 Å². The molecule has 5 nitrogen and oxygen atoms in total. The molecule has 0 saturated carbocycles. The summed E-state index contributed by atoms with van der Waals surface area (Å²) < 4.78 is 0. The molecular formula is C21H33N3O2. The zero-order chi connectivity index (χ0) is 19.6. The van der Waals surface area contributed by atoms with Crippen molar-refractivity contribution < 1.29 is 9.59 Å². The van der Waals surface area contributed by atoms with Gasteiger partial charge < -0.3 is 15.5 Å². The molecule has 0 unspecified atom stereocenters. The molecule has 0 saturated heterocycles. The summed E-state index contributed by atoms with van der Waals surface area (Å²) in [5.41, 5.74) is 6.59. The van der Waals surface area contributed by atoms with E-state index < -0.39 is 5.54 Å². The monoisotopic (exact) mass is 359 g/mol. The summed E-state index contributed by atoms with van der Waals surface area (Å²) in [6, 6.07) is 7.64. The van der Waals surface area contributed by atoms with Crippen LogP contribution < -0.4 is 15.5 Å². The normalized spacial score (nSPS) is 17.3. The Morgan fingerprint density at radius 2 is 1.19 bits per heavy atom. The quantitative estimate of drug-likeness (QED) is 0.792. The van der Waals surface area contributed by atoms with E-state index in [2.05, 4.69) is 27.7 Å². The Balaban J connectivity index is 2.68. The van der Waals surface area contributed by atoms with E-state index in [-0.39, 0.29) is 29.6 Å². The molecule has 0 radical (unpaired) electrons. The topological polar surface area (TPSA) is 66.6 Å². The van der Waals surface area contributed by atoms with Gasteiger partial charge in [-0.3, -0.25) is 9.59 Å². The lowest BCUT2D eigenvalue weighted by Gasteiger charge is -2.34. The molecule has 0 atom stereocenters. The average Bonchev–Trinajstić information content (AvgIpc) is 2.59. The summed E-state index contributed by atoms with van der Waals surface area (Å²) in [5.74, 6) is 0.0900. The number of carbonyl (C=O) groups is 2. The van der Waals surface area contributed by atoms with Crippen molar-refractivity contribution >= 4 is 23.2 Å². The molecule has 0 aromatic heterocycles. The molecule has 2 N–H and O–H groups in total. The molecule has 1 aromatic carbocycles. The maximum Gasteiger partial charge on any atom is 0.256 e. The Hall–Kier alpha value is -1.88. The van der Waals surface area contributed by atoms with Crippen LogP contribution in [-0.4, -0.2) is 30.4 Å². The van der Waals surface area contributed by atoms with Gasteiger partial charge in [0.15, 0.2) is 5.54 Å². The van der Waals surface area contributed by atoms with Gasteiger partial charge in [0.1, 0.15) is 0 Å². The van der Waals surface area contributed by atoms with Crippen LogP contribution in [0.2, 0.25) is 0 Å². The molecule has 1 aliphatic rings. The summed E-state index contributed by atoms with van der Waals surface area (Å²) in [4.78, 5) is 30.4. The molecule has 144 valence electrons. The Bertz CT molecular complexity index is 618. The molecule has 0 aliphatic carbocycles. The second-order valence-corrected chi connectivity index (χ2v) is 8.68. The minimum absolute atomic E-state index is 0.135. The Morgan fingerprint density at radius 3 is 1.50 bits per heavy atom. The molecule has 5 heteroatoms. The van der Waals surface area contributed by atoms with Crippen LogP contribution in [0.4, 0.5) is 11.4 Å². The fourth-order valence-corrected chi connectivity index (χ4v) is 3.62. The minimum Gasteiger partial charge on any atom is -0.309 e. The van der Waals surface area contributed by atoms with Crippen LogP contribution in [0, 0.1) is 17.8 Å². The SMILES string of the molecule is CC(C)CN1C(=O)C(N)(CC(C)C)C(=O)N(CC(C)C)c2ccccc21. The van der Waals surface area contributed by atoms with Crippen LogP contribution >= 0.6 is 0 Å². The Labute approximate surface area is 157 Å². The predicted octanol–water partition coefficient (Wildman–Crippen LogP) is 3.42. The largest absolute Gasteiger partial charge is 0.309 e. The summed E-state index contributed by atoms with van der Waals surface area (Å²) in [6.07, 6.45) is 0.335. The van der Waals surface area contributed by atoms with Gasteiger partial charge in [-0.05, 0) is 36.3 Å². The second kappa shape index (κ2) is 7.78. The van der Waals surface area contributed by atoms with Crippen LogP contribution in [0.25, 0.3) is 0 Å². The molecule has 0 spiro atoms. The number of hydrogen-bond acceptors (Lipinski definition) is 3. The summed E-state index contributed by atoms with van der Waals surface area (Å²) in [5, 5.41) is 0. The number of rotatable bonds is 6. The third kappa shape index (κ3) is 3.93. The first kappa shape index (κ1) is 20.4. The number of amides is 2. The fourth-order valence-electron chi connectivity index (χ4n) is 3.62. The van der Waals surface area contributed by atoms with Crippen molar-refractivity contribution in [3.63, 3.8) is 0 Å². The minimum atomic E-state index is -1.53. The number of carbonyl (C=O) groups excluding carboxylic acids is 2. The fraction of sp³-hybridized carbons (Fsp3) is 0.619. The van der Waals surface area contributed by atoms with Gasteiger partial charge in [0, 0.05) is 13.1 Å². The number of hydrogen-bond donors (Lipinski definition) is 1. The summed E-state index contributed by atoms with van der Waals surface area (Å²) in [6.45, 7) is 13.3. The van der Waals surface area contributed by atoms with Crippen LogP contribution in [0.1, 0.15) is 48.0 Å². The van der Waals surface area contributed by atoms with Crippen molar-refractivity contribution in [2.75, 3.05) is 22.9 Å². The molecule has 0 fully saturated rings. The third-order valence-corrected chi connectivity index (χ3v) is 4.54. The number of benzene rings is 1. The van der Waals surface area contributed by atoms with E-state index in [4.69, 9.17) is 5.73 Å². The molecule has 0 bridgehead atoms. The van der Waals surface area contributed by atoms with Gasteiger partial charge in [0.2, 0.25) is 0 Å². The number of anilines is 2. The standard InChI is InChI=1S/C21H33N3O2/c1-14(2)11-21(22)19(25)23(12-15(3)4)17-9-7-8-10-18(17)24(20(21)26)13-16(5)6/h7-10,14-16H,11-13,22H2,1-6H3. The Morgan fingerprint density at radius 1 is 0.808 bits per heavy atom. The van der Waals surface area contributed by atoms with Crippen LogP contribution in [0.5, 0.6) is 0 Å². The van der Waals surface area contributed by atoms with E-state index >= 15 is 0 Å². The van der Waals surface area contributed by atoms with Crippen LogP contribution in [0.15, 0.2) is 24.3 Å². The highest BCUT2D eigenvalue weighted by atomic mass is 16.2. The van der Waals surface area contributed by atoms with Gasteiger partial charge in [-0.25, -0.2) is 0 Å². The van der Waals surface area contributed by atoms with Gasteiger partial charge in [-0.15, -0.1) is 0 Å². The average molecular weight is 360 g/mol. The first-order chi connectivity index (χ1) is 12.1. The first-order valence-electron chi connectivity index (χ1n) is 9.59. The molecular weight excluding hydrogens is 326 g/mol. The predicted molar refractivity (Wildman–Crippen MR) is 107 cm³/mol. The number of para-hydroxylation sites is 2. The highest BCUT2D eigenvalue weighted by Crippen LogP contribution is 2.37. The molecule has 1 aliphatic heterocycles.